The predicted molar refractivity (Wildman–Crippen MR) is 175 cm³/mol. The smallest absolute Gasteiger partial charge is 0.366 e. The Bertz CT molecular complexity index is 1600. The molecule has 1 aromatic carbocycles. The molecule has 0 saturated heterocycles. The van der Waals surface area contributed by atoms with Gasteiger partial charge in [-0.15, -0.1) is 0 Å². The third-order valence-corrected chi connectivity index (χ3v) is 7.42. The van der Waals surface area contributed by atoms with Crippen LogP contribution in [0.25, 0.3) is 10.9 Å². The lowest BCUT2D eigenvalue weighted by Gasteiger charge is -2.22. The van der Waals surface area contributed by atoms with Crippen molar-refractivity contribution >= 4 is 40.1 Å². The summed E-state index contributed by atoms with van der Waals surface area (Å²) in [7, 11) is 3.63. The predicted octanol–water partition coefficient (Wildman–Crippen LogP) is 6.71. The Kier molecular flexibility index (Phi) is 10.6. The summed E-state index contributed by atoms with van der Waals surface area (Å²) in [6.45, 7) is 16.7. The molecule has 10 nitrogen and oxygen atoms in total. The molecule has 4 aromatic rings. The fourth-order valence-corrected chi connectivity index (χ4v) is 4.86. The quantitative estimate of drug-likeness (QED) is 0.197. The second kappa shape index (κ2) is 14.6. The Morgan fingerprint density at radius 1 is 1.16 bits per heavy atom. The van der Waals surface area contributed by atoms with Crippen molar-refractivity contribution in [1.29, 1.82) is 0 Å². The van der Waals surface area contributed by atoms with Crippen LogP contribution >= 0.6 is 0 Å². The van der Waals surface area contributed by atoms with E-state index < -0.39 is 0 Å². The first kappa shape index (κ1) is 31.4. The zero-order valence-corrected chi connectivity index (χ0v) is 26.3. The number of nitrogens with one attached hydrogen (secondary N) is 2. The lowest BCUT2D eigenvalue weighted by molar-refractivity contribution is -0.443. The van der Waals surface area contributed by atoms with E-state index in [1.807, 2.05) is 63.2 Å². The maximum Gasteiger partial charge on any atom is 0.366 e. The molecule has 10 heteroatoms. The van der Waals surface area contributed by atoms with Crippen LogP contribution in [0.15, 0.2) is 55.8 Å². The highest BCUT2D eigenvalue weighted by atomic mass is 16.5. The molecule has 2 N–H and O–H groups in total. The monoisotopic (exact) mass is 583 g/mol. The molecule has 0 fully saturated rings. The lowest BCUT2D eigenvalue weighted by atomic mass is 9.97. The van der Waals surface area contributed by atoms with Crippen LogP contribution in [0.5, 0.6) is 17.4 Å². The summed E-state index contributed by atoms with van der Waals surface area (Å²) in [6, 6.07) is 7.95. The normalized spacial score (nSPS) is 13.3. The first-order valence-corrected chi connectivity index (χ1v) is 14.8. The van der Waals surface area contributed by atoms with Crippen LogP contribution in [0.2, 0.25) is 0 Å². The molecular formula is C33H43N8O2+. The van der Waals surface area contributed by atoms with Gasteiger partial charge in [0.2, 0.25) is 11.6 Å². The number of methoxy groups -OCH3 is 1. The van der Waals surface area contributed by atoms with Gasteiger partial charge in [0.25, 0.3) is 0 Å². The van der Waals surface area contributed by atoms with Crippen molar-refractivity contribution in [2.75, 3.05) is 44.0 Å². The Morgan fingerprint density at radius 2 is 1.98 bits per heavy atom. The lowest BCUT2D eigenvalue weighted by Crippen LogP contribution is -2.33. The highest BCUT2D eigenvalue weighted by Gasteiger charge is 2.25. The number of hydrogen-bond donors (Lipinski definition) is 2. The summed E-state index contributed by atoms with van der Waals surface area (Å²) in [5, 5.41) is 7.56. The van der Waals surface area contributed by atoms with Crippen molar-refractivity contribution in [3.63, 3.8) is 0 Å². The topological polar surface area (TPSA) is 100 Å². The van der Waals surface area contributed by atoms with Crippen molar-refractivity contribution in [2.24, 2.45) is 0 Å². The second-order valence-electron chi connectivity index (χ2n) is 10.1. The minimum Gasteiger partial charge on any atom is -0.489 e. The standard InChI is InChI=1S/C31H37N8O2.C2H6/c1-7-20(3)23-16-27(33-18-25(23)38(5)8-2)41-26-10-9-22(15-21(26)4)37-30-28-24(35-19-36-30)17-34-31(29(28)40-6)39-13-11-32-12-14-39;1-2/h8-10,13,15-20,32H,2,7,11-12,14H2,1,3-6H3,(H,35,36,37);1-2H3/q+1;. The maximum atomic E-state index is 6.26. The number of fused-ring (bicyclic) bond motifs is 1. The van der Waals surface area contributed by atoms with Gasteiger partial charge in [0.1, 0.15) is 30.0 Å². The van der Waals surface area contributed by atoms with Gasteiger partial charge < -0.3 is 25.0 Å². The van der Waals surface area contributed by atoms with Crippen LogP contribution in [0, 0.1) is 6.92 Å². The molecule has 0 saturated carbocycles. The minimum atomic E-state index is 0.352. The van der Waals surface area contributed by atoms with Crippen LogP contribution in [0.4, 0.5) is 23.0 Å². The van der Waals surface area contributed by atoms with E-state index in [4.69, 9.17) is 9.47 Å². The fraction of sp³-hybridized carbons (Fsp3) is 0.364. The summed E-state index contributed by atoms with van der Waals surface area (Å²) in [5.74, 6) is 3.66. The van der Waals surface area contributed by atoms with Gasteiger partial charge in [-0.25, -0.2) is 19.5 Å². The van der Waals surface area contributed by atoms with Gasteiger partial charge in [-0.05, 0) is 59.8 Å². The molecular weight excluding hydrogens is 540 g/mol. The molecule has 5 rings (SSSR count). The van der Waals surface area contributed by atoms with E-state index in [0.29, 0.717) is 28.9 Å². The Hall–Kier alpha value is -4.57. The fourth-order valence-electron chi connectivity index (χ4n) is 4.86. The van der Waals surface area contributed by atoms with Crippen LogP contribution in [0.3, 0.4) is 0 Å². The number of aryl methyl sites for hydroxylation is 1. The molecule has 0 bridgehead atoms. The SMILES string of the molecule is C=CN(C)c1cnc(Oc2ccc(Nc3ncnc4cnc([N+]5=CCNCC5)c(OC)c34)cc2C)cc1C(C)CC.CC. The van der Waals surface area contributed by atoms with Crippen LogP contribution < -0.4 is 25.0 Å². The number of pyridine rings is 2. The van der Waals surface area contributed by atoms with Gasteiger partial charge in [-0.3, -0.25) is 0 Å². The minimum absolute atomic E-state index is 0.352. The van der Waals surface area contributed by atoms with E-state index in [2.05, 4.69) is 61.8 Å². The van der Waals surface area contributed by atoms with Gasteiger partial charge >= 0.3 is 5.82 Å². The number of ether oxygens (including phenoxy) is 2. The van der Waals surface area contributed by atoms with Gasteiger partial charge in [0.15, 0.2) is 6.20 Å². The summed E-state index contributed by atoms with van der Waals surface area (Å²) in [5.41, 5.74) is 4.72. The highest BCUT2D eigenvalue weighted by Crippen LogP contribution is 2.38. The van der Waals surface area contributed by atoms with Crippen molar-refractivity contribution < 1.29 is 14.0 Å². The molecule has 0 amide bonds. The average Bonchev–Trinajstić information content (AvgIpc) is 3.06. The zero-order chi connectivity index (χ0) is 30.9. The number of rotatable bonds is 10. The molecule has 1 atom stereocenters. The van der Waals surface area contributed by atoms with Gasteiger partial charge in [0, 0.05) is 25.3 Å². The number of anilines is 3. The molecule has 43 heavy (non-hydrogen) atoms. The molecule has 226 valence electrons. The second-order valence-corrected chi connectivity index (χ2v) is 10.1. The summed E-state index contributed by atoms with van der Waals surface area (Å²) in [6.07, 6.45) is 10.0. The Balaban J connectivity index is 0.00000207. The molecule has 1 aliphatic heterocycles. The average molecular weight is 584 g/mol. The summed E-state index contributed by atoms with van der Waals surface area (Å²) >= 11 is 0. The first-order chi connectivity index (χ1) is 20.9. The summed E-state index contributed by atoms with van der Waals surface area (Å²) in [4.78, 5) is 20.2. The number of aromatic nitrogens is 4. The first-order valence-electron chi connectivity index (χ1n) is 14.8. The molecule has 1 aliphatic rings. The molecule has 4 heterocycles. The van der Waals surface area contributed by atoms with Crippen molar-refractivity contribution in [3.8, 4) is 17.4 Å². The van der Waals surface area contributed by atoms with E-state index in [0.717, 1.165) is 59.9 Å². The molecule has 3 aromatic heterocycles. The van der Waals surface area contributed by atoms with E-state index in [-0.39, 0.29) is 0 Å². The third-order valence-electron chi connectivity index (χ3n) is 7.42. The molecule has 0 spiro atoms. The van der Waals surface area contributed by atoms with Crippen LogP contribution in [-0.2, 0) is 0 Å². The highest BCUT2D eigenvalue weighted by molar-refractivity contribution is 5.97. The molecule has 0 radical (unpaired) electrons. The van der Waals surface area contributed by atoms with Crippen LogP contribution in [0.1, 0.15) is 51.2 Å². The molecule has 1 unspecified atom stereocenters. The van der Waals surface area contributed by atoms with Crippen molar-refractivity contribution in [3.05, 3.63) is 66.9 Å². The number of benzene rings is 1. The van der Waals surface area contributed by atoms with E-state index >= 15 is 0 Å². The largest absolute Gasteiger partial charge is 0.489 e. The maximum absolute atomic E-state index is 6.26. The van der Waals surface area contributed by atoms with Crippen molar-refractivity contribution in [2.45, 2.75) is 47.0 Å². The summed E-state index contributed by atoms with van der Waals surface area (Å²) < 4.78 is 14.2. The van der Waals surface area contributed by atoms with E-state index in [9.17, 15) is 0 Å². The van der Waals surface area contributed by atoms with Crippen LogP contribution in [-0.4, -0.2) is 64.5 Å². The Morgan fingerprint density at radius 3 is 2.65 bits per heavy atom. The Labute approximate surface area is 254 Å². The van der Waals surface area contributed by atoms with Gasteiger partial charge in [-0.1, -0.05) is 34.3 Å². The number of nitrogens with zero attached hydrogens (tertiary/aromatic N) is 6. The molecule has 0 aliphatic carbocycles. The number of hydrogen-bond acceptors (Lipinski definition) is 9. The third kappa shape index (κ3) is 6.91. The zero-order valence-electron chi connectivity index (χ0n) is 26.3. The van der Waals surface area contributed by atoms with Gasteiger partial charge in [0.05, 0.1) is 37.1 Å². The van der Waals surface area contributed by atoms with Crippen molar-refractivity contribution in [1.82, 2.24) is 25.3 Å². The van der Waals surface area contributed by atoms with E-state index in [1.165, 1.54) is 11.9 Å². The van der Waals surface area contributed by atoms with Gasteiger partial charge in [-0.2, -0.15) is 0 Å². The van der Waals surface area contributed by atoms with E-state index in [1.54, 1.807) is 19.5 Å².